The Morgan fingerprint density at radius 2 is 2.62 bits per heavy atom. The highest BCUT2D eigenvalue weighted by Crippen LogP contribution is 2.02. The number of aryl methyl sites for hydroxylation is 1. The Balaban J connectivity index is 1.71. The summed E-state index contributed by atoms with van der Waals surface area (Å²) in [4.78, 5) is 11.5. The summed E-state index contributed by atoms with van der Waals surface area (Å²) in [6.07, 6.45) is 4.50. The van der Waals surface area contributed by atoms with E-state index in [-0.39, 0.29) is 12.1 Å². The summed E-state index contributed by atoms with van der Waals surface area (Å²) in [5.41, 5.74) is 0.986. The number of rotatable bonds is 3. The normalized spacial score (nSPS) is 19.7. The number of urea groups is 1. The van der Waals surface area contributed by atoms with Crippen molar-refractivity contribution in [3.8, 4) is 0 Å². The van der Waals surface area contributed by atoms with Gasteiger partial charge in [-0.15, -0.1) is 0 Å². The molecule has 0 spiro atoms. The Labute approximate surface area is 94.0 Å². The highest BCUT2D eigenvalue weighted by Gasteiger charge is 2.17. The standard InChI is InChI=1S/C10H16N4O2/c1-14-6-8(5-12-14)4-11-10(15)13-9-2-3-16-7-9/h5-6,9H,2-4,7H2,1H3,(H2,11,13,15). The SMILES string of the molecule is Cn1cc(CNC(=O)NC2CCOC2)cn1. The number of carbonyl (C=O) groups excluding carboxylic acids is 1. The molecule has 1 aliphatic rings. The lowest BCUT2D eigenvalue weighted by molar-refractivity contribution is 0.188. The third-order valence-corrected chi connectivity index (χ3v) is 2.48. The molecule has 0 radical (unpaired) electrons. The Hall–Kier alpha value is -1.56. The van der Waals surface area contributed by atoms with Gasteiger partial charge in [0, 0.05) is 32.0 Å². The van der Waals surface area contributed by atoms with Crippen LogP contribution in [-0.2, 0) is 18.3 Å². The molecular formula is C10H16N4O2. The van der Waals surface area contributed by atoms with E-state index in [0.29, 0.717) is 13.2 Å². The maximum absolute atomic E-state index is 11.5. The van der Waals surface area contributed by atoms with Gasteiger partial charge in [-0.2, -0.15) is 5.10 Å². The number of carbonyl (C=O) groups is 1. The minimum Gasteiger partial charge on any atom is -0.379 e. The van der Waals surface area contributed by atoms with Crippen molar-refractivity contribution in [3.63, 3.8) is 0 Å². The van der Waals surface area contributed by atoms with Crippen LogP contribution >= 0.6 is 0 Å². The Bertz CT molecular complexity index is 357. The molecule has 1 unspecified atom stereocenters. The van der Waals surface area contributed by atoms with E-state index in [4.69, 9.17) is 4.74 Å². The average molecular weight is 224 g/mol. The van der Waals surface area contributed by atoms with Gasteiger partial charge in [-0.25, -0.2) is 4.79 Å². The first-order chi connectivity index (χ1) is 7.74. The maximum Gasteiger partial charge on any atom is 0.315 e. The molecule has 16 heavy (non-hydrogen) atoms. The molecule has 6 nitrogen and oxygen atoms in total. The molecule has 1 aromatic heterocycles. The number of hydrogen-bond acceptors (Lipinski definition) is 3. The molecule has 1 aliphatic heterocycles. The molecule has 2 heterocycles. The van der Waals surface area contributed by atoms with Crippen LogP contribution in [0.1, 0.15) is 12.0 Å². The summed E-state index contributed by atoms with van der Waals surface area (Å²) in [6, 6.07) is -0.00625. The van der Waals surface area contributed by atoms with E-state index in [2.05, 4.69) is 15.7 Å². The van der Waals surface area contributed by atoms with Crippen molar-refractivity contribution in [1.29, 1.82) is 0 Å². The lowest BCUT2D eigenvalue weighted by Crippen LogP contribution is -2.41. The van der Waals surface area contributed by atoms with Gasteiger partial charge >= 0.3 is 6.03 Å². The summed E-state index contributed by atoms with van der Waals surface area (Å²) in [5, 5.41) is 9.66. The van der Waals surface area contributed by atoms with Crippen molar-refractivity contribution in [2.45, 2.75) is 19.0 Å². The number of nitrogens with zero attached hydrogens (tertiary/aromatic N) is 2. The molecule has 2 N–H and O–H groups in total. The molecule has 0 saturated carbocycles. The Kier molecular flexibility index (Phi) is 3.40. The van der Waals surface area contributed by atoms with Crippen LogP contribution < -0.4 is 10.6 Å². The zero-order valence-corrected chi connectivity index (χ0v) is 9.27. The van der Waals surface area contributed by atoms with E-state index >= 15 is 0 Å². The van der Waals surface area contributed by atoms with Gasteiger partial charge in [0.2, 0.25) is 0 Å². The third kappa shape index (κ3) is 2.96. The van der Waals surface area contributed by atoms with Gasteiger partial charge in [0.05, 0.1) is 18.8 Å². The largest absolute Gasteiger partial charge is 0.379 e. The molecule has 88 valence electrons. The van der Waals surface area contributed by atoms with Crippen molar-refractivity contribution in [1.82, 2.24) is 20.4 Å². The number of amides is 2. The molecule has 1 aromatic rings. The first kappa shape index (κ1) is 10.9. The second-order valence-electron chi connectivity index (χ2n) is 3.91. The topological polar surface area (TPSA) is 68.2 Å². The minimum absolute atomic E-state index is 0.147. The van der Waals surface area contributed by atoms with Crippen molar-refractivity contribution >= 4 is 6.03 Å². The summed E-state index contributed by atoms with van der Waals surface area (Å²) in [5.74, 6) is 0. The van der Waals surface area contributed by atoms with E-state index in [0.717, 1.165) is 18.6 Å². The quantitative estimate of drug-likeness (QED) is 0.760. The molecule has 1 atom stereocenters. The molecule has 2 amide bonds. The third-order valence-electron chi connectivity index (χ3n) is 2.48. The maximum atomic E-state index is 11.5. The van der Waals surface area contributed by atoms with Crippen LogP contribution in [-0.4, -0.2) is 35.1 Å². The van der Waals surface area contributed by atoms with Crippen molar-refractivity contribution in [2.24, 2.45) is 7.05 Å². The molecule has 0 bridgehead atoms. The van der Waals surface area contributed by atoms with Crippen LogP contribution in [0.3, 0.4) is 0 Å². The lowest BCUT2D eigenvalue weighted by Gasteiger charge is -2.11. The van der Waals surface area contributed by atoms with Crippen LogP contribution in [0.15, 0.2) is 12.4 Å². The first-order valence-corrected chi connectivity index (χ1v) is 5.33. The second kappa shape index (κ2) is 4.98. The van der Waals surface area contributed by atoms with Crippen LogP contribution in [0, 0.1) is 0 Å². The molecule has 2 rings (SSSR count). The smallest absolute Gasteiger partial charge is 0.315 e. The van der Waals surface area contributed by atoms with Gasteiger partial charge in [0.15, 0.2) is 0 Å². The average Bonchev–Trinajstić information content (AvgIpc) is 2.87. The zero-order valence-electron chi connectivity index (χ0n) is 9.27. The number of ether oxygens (including phenoxy) is 1. The highest BCUT2D eigenvalue weighted by molar-refractivity contribution is 5.74. The molecule has 1 saturated heterocycles. The minimum atomic E-state index is -0.153. The van der Waals surface area contributed by atoms with Gasteiger partial charge in [-0.1, -0.05) is 0 Å². The molecular weight excluding hydrogens is 208 g/mol. The van der Waals surface area contributed by atoms with Crippen LogP contribution in [0.5, 0.6) is 0 Å². The monoisotopic (exact) mass is 224 g/mol. The van der Waals surface area contributed by atoms with Gasteiger partial charge < -0.3 is 15.4 Å². The summed E-state index contributed by atoms with van der Waals surface area (Å²) >= 11 is 0. The first-order valence-electron chi connectivity index (χ1n) is 5.33. The van der Waals surface area contributed by atoms with E-state index in [1.54, 1.807) is 10.9 Å². The van der Waals surface area contributed by atoms with Crippen LogP contribution in [0.4, 0.5) is 4.79 Å². The second-order valence-corrected chi connectivity index (χ2v) is 3.91. The summed E-state index contributed by atoms with van der Waals surface area (Å²) < 4.78 is 6.88. The van der Waals surface area contributed by atoms with Gasteiger partial charge in [-0.3, -0.25) is 4.68 Å². The summed E-state index contributed by atoms with van der Waals surface area (Å²) in [7, 11) is 1.85. The van der Waals surface area contributed by atoms with Crippen molar-refractivity contribution < 1.29 is 9.53 Å². The number of hydrogen-bond donors (Lipinski definition) is 2. The molecule has 1 fully saturated rings. The van der Waals surface area contributed by atoms with E-state index < -0.39 is 0 Å². The van der Waals surface area contributed by atoms with E-state index in [1.807, 2.05) is 13.2 Å². The van der Waals surface area contributed by atoms with Crippen LogP contribution in [0.2, 0.25) is 0 Å². The molecule has 0 aromatic carbocycles. The number of nitrogens with one attached hydrogen (secondary N) is 2. The molecule has 0 aliphatic carbocycles. The van der Waals surface area contributed by atoms with Gasteiger partial charge in [0.1, 0.15) is 0 Å². The Morgan fingerprint density at radius 1 is 1.75 bits per heavy atom. The van der Waals surface area contributed by atoms with E-state index in [9.17, 15) is 4.79 Å². The number of aromatic nitrogens is 2. The fourth-order valence-corrected chi connectivity index (χ4v) is 1.63. The van der Waals surface area contributed by atoms with Crippen LogP contribution in [0.25, 0.3) is 0 Å². The lowest BCUT2D eigenvalue weighted by atomic mass is 10.3. The fraction of sp³-hybridized carbons (Fsp3) is 0.600. The zero-order chi connectivity index (χ0) is 11.4. The highest BCUT2D eigenvalue weighted by atomic mass is 16.5. The van der Waals surface area contributed by atoms with Crippen molar-refractivity contribution in [2.75, 3.05) is 13.2 Å². The summed E-state index contributed by atoms with van der Waals surface area (Å²) in [6.45, 7) is 1.83. The molecule has 6 heteroatoms. The van der Waals surface area contributed by atoms with Crippen molar-refractivity contribution in [3.05, 3.63) is 18.0 Å². The Morgan fingerprint density at radius 3 is 3.25 bits per heavy atom. The van der Waals surface area contributed by atoms with Gasteiger partial charge in [0.25, 0.3) is 0 Å². The fourth-order valence-electron chi connectivity index (χ4n) is 1.63. The van der Waals surface area contributed by atoms with E-state index in [1.165, 1.54) is 0 Å². The predicted octanol–water partition coefficient (Wildman–Crippen LogP) is 0.00820. The predicted molar refractivity (Wildman–Crippen MR) is 57.8 cm³/mol. The van der Waals surface area contributed by atoms with Gasteiger partial charge in [-0.05, 0) is 6.42 Å².